The molecule has 0 aromatic rings. The van der Waals surface area contributed by atoms with Gasteiger partial charge in [-0.25, -0.2) is 0 Å². The van der Waals surface area contributed by atoms with E-state index in [0.717, 1.165) is 18.8 Å². The van der Waals surface area contributed by atoms with Gasteiger partial charge in [-0.2, -0.15) is 0 Å². The molecule has 4 unspecified atom stereocenters. The maximum absolute atomic E-state index is 11.7. The Morgan fingerprint density at radius 1 is 1.24 bits per heavy atom. The van der Waals surface area contributed by atoms with Crippen molar-refractivity contribution in [3.05, 3.63) is 0 Å². The molecule has 1 N–H and O–H groups in total. The van der Waals surface area contributed by atoms with Crippen LogP contribution in [0.4, 0.5) is 0 Å². The second-order valence-electron chi connectivity index (χ2n) is 6.13. The van der Waals surface area contributed by atoms with Crippen LogP contribution in [-0.4, -0.2) is 16.9 Å². The van der Waals surface area contributed by atoms with Crippen molar-refractivity contribution < 1.29 is 14.7 Å². The van der Waals surface area contributed by atoms with Gasteiger partial charge in [-0.3, -0.25) is 9.59 Å². The number of Topliss-reactive ketones (excluding diaryl/α,β-unsaturated/α-hetero) is 1. The minimum Gasteiger partial charge on any atom is -0.481 e. The van der Waals surface area contributed by atoms with Crippen molar-refractivity contribution in [2.45, 2.75) is 46.0 Å². The lowest BCUT2D eigenvalue weighted by molar-refractivity contribution is -0.150. The predicted molar refractivity (Wildman–Crippen MR) is 64.5 cm³/mol. The van der Waals surface area contributed by atoms with E-state index in [1.54, 1.807) is 0 Å². The van der Waals surface area contributed by atoms with Gasteiger partial charge >= 0.3 is 5.97 Å². The van der Waals surface area contributed by atoms with Crippen molar-refractivity contribution in [3.63, 3.8) is 0 Å². The summed E-state index contributed by atoms with van der Waals surface area (Å²) in [5, 5.41) is 9.05. The van der Waals surface area contributed by atoms with Gasteiger partial charge in [0.25, 0.3) is 0 Å². The molecule has 96 valence electrons. The topological polar surface area (TPSA) is 54.4 Å². The molecule has 0 radical (unpaired) electrons. The molecule has 0 aromatic carbocycles. The number of aliphatic carboxylic acids is 1. The summed E-state index contributed by atoms with van der Waals surface area (Å²) in [4.78, 5) is 22.8. The first-order valence-electron chi connectivity index (χ1n) is 6.74. The Hall–Kier alpha value is -0.860. The molecule has 3 nitrogen and oxygen atoms in total. The van der Waals surface area contributed by atoms with Crippen LogP contribution in [-0.2, 0) is 9.59 Å². The van der Waals surface area contributed by atoms with E-state index in [-0.39, 0.29) is 5.78 Å². The SMILES string of the molecule is CC(C)C1CCC2CC(=O)C(C(=O)O)CC2C1. The maximum atomic E-state index is 11.7. The van der Waals surface area contributed by atoms with Gasteiger partial charge in [-0.1, -0.05) is 13.8 Å². The maximum Gasteiger partial charge on any atom is 0.314 e. The van der Waals surface area contributed by atoms with Crippen LogP contribution in [0, 0.1) is 29.6 Å². The number of carboxylic acid groups (broad SMARTS) is 1. The van der Waals surface area contributed by atoms with Crippen molar-refractivity contribution in [1.82, 2.24) is 0 Å². The van der Waals surface area contributed by atoms with Crippen LogP contribution >= 0.6 is 0 Å². The van der Waals surface area contributed by atoms with Gasteiger partial charge in [-0.15, -0.1) is 0 Å². The minimum atomic E-state index is -0.917. The number of carbonyl (C=O) groups is 2. The summed E-state index contributed by atoms with van der Waals surface area (Å²) in [7, 11) is 0. The first-order valence-corrected chi connectivity index (χ1v) is 6.74. The van der Waals surface area contributed by atoms with E-state index in [4.69, 9.17) is 5.11 Å². The molecular formula is C14H22O3. The van der Waals surface area contributed by atoms with Crippen LogP contribution in [0.5, 0.6) is 0 Å². The van der Waals surface area contributed by atoms with E-state index in [1.807, 2.05) is 0 Å². The highest BCUT2D eigenvalue weighted by molar-refractivity contribution is 5.98. The first kappa shape index (κ1) is 12.6. The molecule has 0 amide bonds. The van der Waals surface area contributed by atoms with E-state index >= 15 is 0 Å². The van der Waals surface area contributed by atoms with Crippen LogP contribution in [0.15, 0.2) is 0 Å². The van der Waals surface area contributed by atoms with E-state index in [1.165, 1.54) is 6.42 Å². The van der Waals surface area contributed by atoms with Crippen molar-refractivity contribution in [1.29, 1.82) is 0 Å². The average Bonchev–Trinajstić information content (AvgIpc) is 2.27. The lowest BCUT2D eigenvalue weighted by Gasteiger charge is -2.41. The van der Waals surface area contributed by atoms with Gasteiger partial charge in [0.2, 0.25) is 0 Å². The number of fused-ring (bicyclic) bond motifs is 1. The second-order valence-corrected chi connectivity index (χ2v) is 6.13. The zero-order valence-corrected chi connectivity index (χ0v) is 10.7. The molecule has 2 aliphatic rings. The van der Waals surface area contributed by atoms with Crippen molar-refractivity contribution in [2.24, 2.45) is 29.6 Å². The average molecular weight is 238 g/mol. The first-order chi connectivity index (χ1) is 7.99. The van der Waals surface area contributed by atoms with Gasteiger partial charge in [0.1, 0.15) is 11.7 Å². The highest BCUT2D eigenvalue weighted by Crippen LogP contribution is 2.45. The van der Waals surface area contributed by atoms with Crippen molar-refractivity contribution >= 4 is 11.8 Å². The van der Waals surface area contributed by atoms with E-state index < -0.39 is 11.9 Å². The fourth-order valence-electron chi connectivity index (χ4n) is 3.60. The summed E-state index contributed by atoms with van der Waals surface area (Å²) in [6.45, 7) is 4.49. The molecule has 0 aromatic heterocycles. The largest absolute Gasteiger partial charge is 0.481 e. The highest BCUT2D eigenvalue weighted by atomic mass is 16.4. The normalized spacial score (nSPS) is 37.9. The smallest absolute Gasteiger partial charge is 0.314 e. The summed E-state index contributed by atoms with van der Waals surface area (Å²) >= 11 is 0. The van der Waals surface area contributed by atoms with Gasteiger partial charge in [0, 0.05) is 6.42 Å². The second kappa shape index (κ2) is 4.79. The molecule has 17 heavy (non-hydrogen) atoms. The quantitative estimate of drug-likeness (QED) is 0.752. The fraction of sp³-hybridized carbons (Fsp3) is 0.857. The van der Waals surface area contributed by atoms with Gasteiger partial charge in [-0.05, 0) is 49.4 Å². The number of carboxylic acids is 1. The van der Waals surface area contributed by atoms with Crippen LogP contribution in [0.25, 0.3) is 0 Å². The van der Waals surface area contributed by atoms with Crippen LogP contribution < -0.4 is 0 Å². The number of hydrogen-bond donors (Lipinski definition) is 1. The van der Waals surface area contributed by atoms with Gasteiger partial charge in [0.15, 0.2) is 0 Å². The fourth-order valence-corrected chi connectivity index (χ4v) is 3.60. The predicted octanol–water partition coefficient (Wildman–Crippen LogP) is 2.74. The van der Waals surface area contributed by atoms with Crippen molar-refractivity contribution in [3.8, 4) is 0 Å². The van der Waals surface area contributed by atoms with Gasteiger partial charge < -0.3 is 5.11 Å². The summed E-state index contributed by atoms with van der Waals surface area (Å²) < 4.78 is 0. The Kier molecular flexibility index (Phi) is 3.55. The molecule has 2 fully saturated rings. The molecule has 0 spiro atoms. The zero-order chi connectivity index (χ0) is 12.6. The molecule has 0 aliphatic heterocycles. The third-order valence-corrected chi connectivity index (χ3v) is 4.81. The molecule has 2 aliphatic carbocycles. The van der Waals surface area contributed by atoms with Crippen LogP contribution in [0.3, 0.4) is 0 Å². The third-order valence-electron chi connectivity index (χ3n) is 4.81. The molecule has 3 heteroatoms. The monoisotopic (exact) mass is 238 g/mol. The number of rotatable bonds is 2. The Labute approximate surface area is 103 Å². The Balaban J connectivity index is 2.04. The molecule has 2 rings (SSSR count). The molecule has 4 atom stereocenters. The lowest BCUT2D eigenvalue weighted by Crippen LogP contribution is -2.40. The number of carbonyl (C=O) groups excluding carboxylic acids is 1. The minimum absolute atomic E-state index is 0.0400. The summed E-state index contributed by atoms with van der Waals surface area (Å²) in [5.74, 6) is 0.655. The van der Waals surface area contributed by atoms with E-state index in [0.29, 0.717) is 30.6 Å². The highest BCUT2D eigenvalue weighted by Gasteiger charge is 2.42. The lowest BCUT2D eigenvalue weighted by atomic mass is 9.63. The molecule has 0 bridgehead atoms. The molecular weight excluding hydrogens is 216 g/mol. The van der Waals surface area contributed by atoms with Crippen molar-refractivity contribution in [2.75, 3.05) is 0 Å². The van der Waals surface area contributed by atoms with Crippen LogP contribution in [0.1, 0.15) is 46.0 Å². The Morgan fingerprint density at radius 2 is 1.94 bits per heavy atom. The standard InChI is InChI=1S/C14H22O3/c1-8(2)9-3-4-10-7-13(15)12(14(16)17)6-11(10)5-9/h8-12H,3-7H2,1-2H3,(H,16,17). The van der Waals surface area contributed by atoms with Gasteiger partial charge in [0.05, 0.1) is 0 Å². The van der Waals surface area contributed by atoms with E-state index in [9.17, 15) is 9.59 Å². The zero-order valence-electron chi connectivity index (χ0n) is 10.7. The summed E-state index contributed by atoms with van der Waals surface area (Å²) in [6, 6.07) is 0. The number of ketones is 1. The molecule has 0 heterocycles. The molecule has 0 saturated heterocycles. The van der Waals surface area contributed by atoms with Crippen LogP contribution in [0.2, 0.25) is 0 Å². The number of hydrogen-bond acceptors (Lipinski definition) is 2. The Morgan fingerprint density at radius 3 is 2.53 bits per heavy atom. The molecule has 2 saturated carbocycles. The van der Waals surface area contributed by atoms with E-state index in [2.05, 4.69) is 13.8 Å². The third kappa shape index (κ3) is 2.53. The summed E-state index contributed by atoms with van der Waals surface area (Å²) in [5.41, 5.74) is 0. The summed E-state index contributed by atoms with van der Waals surface area (Å²) in [6.07, 6.45) is 4.54. The Bertz CT molecular complexity index is 321.